The average molecular weight is 305 g/mol. The van der Waals surface area contributed by atoms with Crippen LogP contribution in [-0.2, 0) is 0 Å². The monoisotopic (exact) mass is 304 g/mol. The lowest BCUT2D eigenvalue weighted by Gasteiger charge is -2.23. The van der Waals surface area contributed by atoms with Crippen molar-refractivity contribution < 1.29 is 9.53 Å². The van der Waals surface area contributed by atoms with Gasteiger partial charge in [0.05, 0.1) is 22.7 Å². The Morgan fingerprint density at radius 3 is 2.39 bits per heavy atom. The van der Waals surface area contributed by atoms with Crippen LogP contribution in [-0.4, -0.2) is 18.0 Å². The fourth-order valence-corrected chi connectivity index (χ4v) is 3.45. The molecule has 1 fully saturated rings. The third-order valence-corrected chi connectivity index (χ3v) is 4.89. The number of methoxy groups -OCH3 is 1. The predicted octanol–water partition coefficient (Wildman–Crippen LogP) is 4.37. The molecule has 18 heavy (non-hydrogen) atoms. The molecule has 1 atom stereocenters. The molecule has 1 saturated carbocycles. The third kappa shape index (κ3) is 2.39. The zero-order valence-electron chi connectivity index (χ0n) is 10.1. The Kier molecular flexibility index (Phi) is 4.21. The van der Waals surface area contributed by atoms with Crippen molar-refractivity contribution in [3.05, 3.63) is 27.7 Å². The second-order valence-corrected chi connectivity index (χ2v) is 6.55. The average Bonchev–Trinajstić information content (AvgIpc) is 2.79. The number of ketones is 1. The van der Waals surface area contributed by atoms with Crippen LogP contribution in [0.15, 0.2) is 12.1 Å². The van der Waals surface area contributed by atoms with Gasteiger partial charge in [0, 0.05) is 5.16 Å². The summed E-state index contributed by atoms with van der Waals surface area (Å²) in [6.45, 7) is 0. The van der Waals surface area contributed by atoms with Crippen molar-refractivity contribution in [3.63, 3.8) is 0 Å². The first-order chi connectivity index (χ1) is 8.49. The number of ether oxygens (including phenoxy) is 1. The van der Waals surface area contributed by atoms with E-state index in [0.717, 1.165) is 25.7 Å². The first kappa shape index (κ1) is 14.1. The van der Waals surface area contributed by atoms with Crippen molar-refractivity contribution >= 4 is 38.2 Å². The summed E-state index contributed by atoms with van der Waals surface area (Å²) in [7, 11) is 4.19. The van der Waals surface area contributed by atoms with E-state index in [2.05, 4.69) is 9.24 Å². The maximum atomic E-state index is 12.7. The molecule has 0 aliphatic heterocycles. The molecule has 1 aromatic rings. The number of Topliss-reactive ketones (excluding diaryl/α,β-unsaturated/α-hetero) is 1. The van der Waals surface area contributed by atoms with Crippen molar-refractivity contribution in [2.45, 2.75) is 30.8 Å². The summed E-state index contributed by atoms with van der Waals surface area (Å²) < 4.78 is 5.24. The Morgan fingerprint density at radius 1 is 1.28 bits per heavy atom. The normalized spacial score (nSPS) is 17.8. The van der Waals surface area contributed by atoms with Crippen molar-refractivity contribution in [2.24, 2.45) is 0 Å². The van der Waals surface area contributed by atoms with Crippen LogP contribution in [0.3, 0.4) is 0 Å². The van der Waals surface area contributed by atoms with Gasteiger partial charge < -0.3 is 4.74 Å². The molecule has 0 saturated heterocycles. The summed E-state index contributed by atoms with van der Waals surface area (Å²) in [5, 5.41) is 0.397. The van der Waals surface area contributed by atoms with Crippen molar-refractivity contribution in [2.75, 3.05) is 7.11 Å². The van der Waals surface area contributed by atoms with Crippen LogP contribution in [0, 0.1) is 0 Å². The molecule has 2 nitrogen and oxygen atoms in total. The molecule has 0 radical (unpaired) electrons. The third-order valence-electron chi connectivity index (χ3n) is 3.44. The minimum Gasteiger partial charge on any atom is -0.494 e. The van der Waals surface area contributed by atoms with Crippen molar-refractivity contribution in [3.8, 4) is 5.75 Å². The van der Waals surface area contributed by atoms with Crippen LogP contribution in [0.4, 0.5) is 0 Å². The van der Waals surface area contributed by atoms with Crippen LogP contribution >= 0.6 is 32.4 Å². The number of halogens is 2. The molecular weight excluding hydrogens is 290 g/mol. The Bertz CT molecular complexity index is 482. The molecule has 98 valence electrons. The van der Waals surface area contributed by atoms with E-state index < -0.39 is 5.16 Å². The summed E-state index contributed by atoms with van der Waals surface area (Å²) in [6.07, 6.45) is 3.86. The highest BCUT2D eigenvalue weighted by Gasteiger charge is 2.39. The Labute approximate surface area is 119 Å². The standard InChI is InChI=1S/C13H15Cl2O2P/c1-17-11-9(15)5-4-8(14)10(11)12(16)13(18)6-2-3-7-13/h4-5H,2-3,6-7,18H2,1H3. The summed E-state index contributed by atoms with van der Waals surface area (Å²) in [6, 6.07) is 3.28. The van der Waals surface area contributed by atoms with E-state index in [0.29, 0.717) is 21.4 Å². The topological polar surface area (TPSA) is 26.3 Å². The van der Waals surface area contributed by atoms with E-state index in [4.69, 9.17) is 27.9 Å². The van der Waals surface area contributed by atoms with E-state index in [1.165, 1.54) is 7.11 Å². The zero-order valence-corrected chi connectivity index (χ0v) is 12.8. The Balaban J connectivity index is 2.50. The molecule has 5 heteroatoms. The maximum Gasteiger partial charge on any atom is 0.178 e. The number of rotatable bonds is 3. The van der Waals surface area contributed by atoms with Gasteiger partial charge in [-0.15, -0.1) is 9.24 Å². The fraction of sp³-hybridized carbons (Fsp3) is 0.462. The zero-order chi connectivity index (χ0) is 13.3. The molecule has 1 aliphatic rings. The quantitative estimate of drug-likeness (QED) is 0.612. The van der Waals surface area contributed by atoms with Crippen molar-refractivity contribution in [1.29, 1.82) is 0 Å². The first-order valence-corrected chi connectivity index (χ1v) is 7.18. The molecule has 0 bridgehead atoms. The number of hydrogen-bond acceptors (Lipinski definition) is 2. The van der Waals surface area contributed by atoms with Gasteiger partial charge in [0.1, 0.15) is 5.75 Å². The number of benzene rings is 1. The van der Waals surface area contributed by atoms with Crippen LogP contribution in [0.25, 0.3) is 0 Å². The number of carbonyl (C=O) groups excluding carboxylic acids is 1. The van der Waals surface area contributed by atoms with E-state index in [9.17, 15) is 4.79 Å². The van der Waals surface area contributed by atoms with Crippen molar-refractivity contribution in [1.82, 2.24) is 0 Å². The second-order valence-electron chi connectivity index (χ2n) is 4.63. The fourth-order valence-electron chi connectivity index (χ4n) is 2.43. The first-order valence-electron chi connectivity index (χ1n) is 5.85. The summed E-state index contributed by atoms with van der Waals surface area (Å²) >= 11 is 12.2. The largest absolute Gasteiger partial charge is 0.494 e. The lowest BCUT2D eigenvalue weighted by molar-refractivity contribution is 0.0941. The van der Waals surface area contributed by atoms with E-state index in [-0.39, 0.29) is 5.78 Å². The highest BCUT2D eigenvalue weighted by Crippen LogP contribution is 2.44. The van der Waals surface area contributed by atoms with E-state index in [1.54, 1.807) is 12.1 Å². The molecule has 0 amide bonds. The Hall–Kier alpha value is -0.300. The van der Waals surface area contributed by atoms with Gasteiger partial charge >= 0.3 is 0 Å². The SMILES string of the molecule is COc1c(Cl)ccc(Cl)c1C(=O)C1(P)CCCC1. The van der Waals surface area contributed by atoms with Crippen LogP contribution in [0.2, 0.25) is 10.0 Å². The molecule has 2 rings (SSSR count). The minimum atomic E-state index is -0.415. The molecule has 1 unspecified atom stereocenters. The van der Waals surface area contributed by atoms with Crippen LogP contribution in [0.5, 0.6) is 5.75 Å². The van der Waals surface area contributed by atoms with Gasteiger partial charge in [-0.1, -0.05) is 36.0 Å². The minimum absolute atomic E-state index is 0.00866. The van der Waals surface area contributed by atoms with Crippen LogP contribution in [0.1, 0.15) is 36.0 Å². The molecule has 0 aromatic heterocycles. The molecular formula is C13H15Cl2O2P. The molecule has 1 aromatic carbocycles. The van der Waals surface area contributed by atoms with Gasteiger partial charge in [-0.05, 0) is 25.0 Å². The van der Waals surface area contributed by atoms with Gasteiger partial charge in [0.25, 0.3) is 0 Å². The van der Waals surface area contributed by atoms with Gasteiger partial charge in [-0.2, -0.15) is 0 Å². The maximum absolute atomic E-state index is 12.7. The highest BCUT2D eigenvalue weighted by atomic mass is 35.5. The molecule has 0 heterocycles. The smallest absolute Gasteiger partial charge is 0.178 e. The summed E-state index contributed by atoms with van der Waals surface area (Å²) in [5.74, 6) is 0.386. The van der Waals surface area contributed by atoms with E-state index in [1.807, 2.05) is 0 Å². The summed E-state index contributed by atoms with van der Waals surface area (Å²) in [4.78, 5) is 12.7. The van der Waals surface area contributed by atoms with Gasteiger partial charge in [0.15, 0.2) is 5.78 Å². The van der Waals surface area contributed by atoms with Gasteiger partial charge in [-0.3, -0.25) is 4.79 Å². The van der Waals surface area contributed by atoms with Crippen LogP contribution < -0.4 is 4.74 Å². The second kappa shape index (κ2) is 5.36. The van der Waals surface area contributed by atoms with Gasteiger partial charge in [-0.25, -0.2) is 0 Å². The Morgan fingerprint density at radius 2 is 1.83 bits per heavy atom. The predicted molar refractivity (Wildman–Crippen MR) is 78.3 cm³/mol. The lowest BCUT2D eigenvalue weighted by Crippen LogP contribution is -2.29. The molecule has 0 N–H and O–H groups in total. The van der Waals surface area contributed by atoms with Gasteiger partial charge in [0.2, 0.25) is 0 Å². The highest BCUT2D eigenvalue weighted by molar-refractivity contribution is 7.21. The van der Waals surface area contributed by atoms with E-state index >= 15 is 0 Å². The lowest BCUT2D eigenvalue weighted by atomic mass is 9.94. The number of carbonyl (C=O) groups is 1. The molecule has 0 spiro atoms. The molecule has 1 aliphatic carbocycles. The number of hydrogen-bond donors (Lipinski definition) is 0. The summed E-state index contributed by atoms with van der Waals surface area (Å²) in [5.41, 5.74) is 0.406.